The van der Waals surface area contributed by atoms with Gasteiger partial charge in [0.1, 0.15) is 11.5 Å². The summed E-state index contributed by atoms with van der Waals surface area (Å²) < 4.78 is 13.1. The van der Waals surface area contributed by atoms with Crippen LogP contribution in [0.5, 0.6) is 0 Å². The molecule has 2 aromatic heterocycles. The molecule has 3 rings (SSSR count). The van der Waals surface area contributed by atoms with Gasteiger partial charge in [-0.2, -0.15) is 5.21 Å². The summed E-state index contributed by atoms with van der Waals surface area (Å²) in [6, 6.07) is 9.59. The SMILES string of the molecule is C=CC(=O)NCc1ccc(-c2ccc(F)cc2)nc1-c1nn[nH]n1. The molecule has 0 bridgehead atoms. The van der Waals surface area contributed by atoms with Gasteiger partial charge in [0.25, 0.3) is 0 Å². The maximum atomic E-state index is 13.1. The molecule has 0 aliphatic heterocycles. The standard InChI is InChI=1S/C16H13FN6O/c1-2-14(24)18-9-11-5-8-13(10-3-6-12(17)7-4-10)19-15(11)16-20-22-23-21-16/h2-8H,1,9H2,(H,18,24)(H,20,21,22,23). The lowest BCUT2D eigenvalue weighted by Gasteiger charge is -2.09. The van der Waals surface area contributed by atoms with E-state index in [0.29, 0.717) is 17.2 Å². The molecule has 0 saturated carbocycles. The Kier molecular flexibility index (Phi) is 4.37. The van der Waals surface area contributed by atoms with E-state index in [4.69, 9.17) is 0 Å². The van der Waals surface area contributed by atoms with Crippen LogP contribution >= 0.6 is 0 Å². The highest BCUT2D eigenvalue weighted by molar-refractivity contribution is 5.86. The predicted molar refractivity (Wildman–Crippen MR) is 84.8 cm³/mol. The first-order chi connectivity index (χ1) is 11.7. The Labute approximate surface area is 136 Å². The smallest absolute Gasteiger partial charge is 0.243 e. The van der Waals surface area contributed by atoms with E-state index in [9.17, 15) is 9.18 Å². The maximum Gasteiger partial charge on any atom is 0.243 e. The van der Waals surface area contributed by atoms with Gasteiger partial charge in [-0.15, -0.1) is 10.2 Å². The van der Waals surface area contributed by atoms with Crippen molar-refractivity contribution in [3.63, 3.8) is 0 Å². The Hall–Kier alpha value is -3.42. The number of nitrogens with one attached hydrogen (secondary N) is 2. The lowest BCUT2D eigenvalue weighted by atomic mass is 10.1. The number of hydrogen-bond donors (Lipinski definition) is 2. The number of nitrogens with zero attached hydrogens (tertiary/aromatic N) is 4. The largest absolute Gasteiger partial charge is 0.348 e. The third kappa shape index (κ3) is 3.32. The summed E-state index contributed by atoms with van der Waals surface area (Å²) in [6.07, 6.45) is 1.19. The molecule has 0 atom stereocenters. The highest BCUT2D eigenvalue weighted by Gasteiger charge is 2.14. The molecule has 0 radical (unpaired) electrons. The van der Waals surface area contributed by atoms with Crippen molar-refractivity contribution in [2.75, 3.05) is 0 Å². The summed E-state index contributed by atoms with van der Waals surface area (Å²) in [5, 5.41) is 16.5. The molecule has 0 fully saturated rings. The zero-order chi connectivity index (χ0) is 16.9. The molecule has 120 valence electrons. The van der Waals surface area contributed by atoms with Crippen molar-refractivity contribution < 1.29 is 9.18 Å². The van der Waals surface area contributed by atoms with E-state index in [1.165, 1.54) is 18.2 Å². The monoisotopic (exact) mass is 324 g/mol. The highest BCUT2D eigenvalue weighted by atomic mass is 19.1. The number of carbonyl (C=O) groups excluding carboxylic acids is 1. The quantitative estimate of drug-likeness (QED) is 0.698. The molecule has 0 unspecified atom stereocenters. The van der Waals surface area contributed by atoms with E-state index in [2.05, 4.69) is 37.5 Å². The van der Waals surface area contributed by atoms with Gasteiger partial charge in [-0.05, 0) is 41.6 Å². The number of benzene rings is 1. The number of tetrazole rings is 1. The van der Waals surface area contributed by atoms with E-state index in [1.54, 1.807) is 24.3 Å². The van der Waals surface area contributed by atoms with Crippen LogP contribution in [0.4, 0.5) is 4.39 Å². The molecular formula is C16H13FN6O. The molecule has 1 amide bonds. The van der Waals surface area contributed by atoms with Crippen molar-refractivity contribution in [2.24, 2.45) is 0 Å². The number of amides is 1. The molecule has 1 aromatic carbocycles. The van der Waals surface area contributed by atoms with Crippen LogP contribution < -0.4 is 5.32 Å². The number of hydrogen-bond acceptors (Lipinski definition) is 5. The van der Waals surface area contributed by atoms with Crippen LogP contribution in [0.1, 0.15) is 5.56 Å². The number of carbonyl (C=O) groups is 1. The van der Waals surface area contributed by atoms with Crippen LogP contribution in [0.3, 0.4) is 0 Å². The predicted octanol–water partition coefficient (Wildman–Crippen LogP) is 1.87. The van der Waals surface area contributed by atoms with Crippen LogP contribution in [0, 0.1) is 5.82 Å². The van der Waals surface area contributed by atoms with Crippen LogP contribution in [-0.2, 0) is 11.3 Å². The summed E-state index contributed by atoms with van der Waals surface area (Å²) in [5.74, 6) is -0.306. The van der Waals surface area contributed by atoms with E-state index < -0.39 is 0 Å². The third-order valence-corrected chi connectivity index (χ3v) is 3.31. The molecule has 2 N–H and O–H groups in total. The maximum absolute atomic E-state index is 13.1. The number of H-pyrrole nitrogens is 1. The lowest BCUT2D eigenvalue weighted by Crippen LogP contribution is -2.20. The Morgan fingerprint density at radius 1 is 1.25 bits per heavy atom. The Morgan fingerprint density at radius 2 is 2.04 bits per heavy atom. The average Bonchev–Trinajstić information content (AvgIpc) is 3.14. The highest BCUT2D eigenvalue weighted by Crippen LogP contribution is 2.24. The average molecular weight is 324 g/mol. The first-order valence-corrected chi connectivity index (χ1v) is 7.07. The van der Waals surface area contributed by atoms with Crippen molar-refractivity contribution in [3.05, 3.63) is 60.4 Å². The van der Waals surface area contributed by atoms with Crippen molar-refractivity contribution in [1.29, 1.82) is 0 Å². The molecule has 0 saturated heterocycles. The summed E-state index contributed by atoms with van der Waals surface area (Å²) in [6.45, 7) is 3.65. The molecule has 3 aromatic rings. The number of pyridine rings is 1. The van der Waals surface area contributed by atoms with Crippen LogP contribution in [0.15, 0.2) is 49.1 Å². The summed E-state index contributed by atoms with van der Waals surface area (Å²) in [7, 11) is 0. The minimum absolute atomic E-state index is 0.241. The molecule has 0 aliphatic carbocycles. The van der Waals surface area contributed by atoms with Gasteiger partial charge in [0, 0.05) is 17.7 Å². The summed E-state index contributed by atoms with van der Waals surface area (Å²) >= 11 is 0. The van der Waals surface area contributed by atoms with Crippen molar-refractivity contribution in [3.8, 4) is 22.8 Å². The number of halogens is 1. The van der Waals surface area contributed by atoms with Crippen molar-refractivity contribution >= 4 is 5.91 Å². The molecule has 0 spiro atoms. The molecule has 24 heavy (non-hydrogen) atoms. The Bertz CT molecular complexity index is 861. The molecule has 2 heterocycles. The fourth-order valence-electron chi connectivity index (χ4n) is 2.12. The number of rotatable bonds is 5. The van der Waals surface area contributed by atoms with E-state index in [0.717, 1.165) is 11.1 Å². The van der Waals surface area contributed by atoms with Gasteiger partial charge in [0.15, 0.2) is 0 Å². The van der Waals surface area contributed by atoms with Crippen molar-refractivity contribution in [2.45, 2.75) is 6.54 Å². The molecular weight excluding hydrogens is 311 g/mol. The fraction of sp³-hybridized carbons (Fsp3) is 0.0625. The van der Waals surface area contributed by atoms with Gasteiger partial charge in [0.2, 0.25) is 11.7 Å². The van der Waals surface area contributed by atoms with Crippen LogP contribution in [0.2, 0.25) is 0 Å². The Balaban J connectivity index is 1.99. The van der Waals surface area contributed by atoms with Gasteiger partial charge in [-0.25, -0.2) is 9.37 Å². The first-order valence-electron chi connectivity index (χ1n) is 7.07. The topological polar surface area (TPSA) is 96.5 Å². The second-order valence-corrected chi connectivity index (χ2v) is 4.87. The second kappa shape index (κ2) is 6.78. The van der Waals surface area contributed by atoms with Crippen molar-refractivity contribution in [1.82, 2.24) is 30.9 Å². The van der Waals surface area contributed by atoms with Gasteiger partial charge in [-0.3, -0.25) is 4.79 Å². The minimum Gasteiger partial charge on any atom is -0.348 e. The summed E-state index contributed by atoms with van der Waals surface area (Å²) in [5.41, 5.74) is 2.59. The third-order valence-electron chi connectivity index (χ3n) is 3.31. The molecule has 8 heteroatoms. The fourth-order valence-corrected chi connectivity index (χ4v) is 2.12. The van der Waals surface area contributed by atoms with Gasteiger partial charge >= 0.3 is 0 Å². The van der Waals surface area contributed by atoms with E-state index >= 15 is 0 Å². The molecule has 7 nitrogen and oxygen atoms in total. The molecule has 0 aliphatic rings. The zero-order valence-corrected chi connectivity index (χ0v) is 12.5. The van der Waals surface area contributed by atoms with E-state index in [-0.39, 0.29) is 18.3 Å². The zero-order valence-electron chi connectivity index (χ0n) is 12.5. The summed E-state index contributed by atoms with van der Waals surface area (Å²) in [4.78, 5) is 15.9. The van der Waals surface area contributed by atoms with Crippen LogP contribution in [-0.4, -0.2) is 31.5 Å². The Morgan fingerprint density at radius 3 is 2.71 bits per heavy atom. The minimum atomic E-state index is -0.319. The normalized spacial score (nSPS) is 10.4. The second-order valence-electron chi connectivity index (χ2n) is 4.87. The van der Waals surface area contributed by atoms with Gasteiger partial charge in [-0.1, -0.05) is 12.6 Å². The van der Waals surface area contributed by atoms with E-state index in [1.807, 2.05) is 0 Å². The number of aromatic nitrogens is 5. The van der Waals surface area contributed by atoms with Gasteiger partial charge in [0.05, 0.1) is 5.69 Å². The number of aromatic amines is 1. The lowest BCUT2D eigenvalue weighted by molar-refractivity contribution is -0.116. The van der Waals surface area contributed by atoms with Gasteiger partial charge < -0.3 is 5.32 Å². The van der Waals surface area contributed by atoms with Crippen LogP contribution in [0.25, 0.3) is 22.8 Å². The first kappa shape index (κ1) is 15.5.